The first-order chi connectivity index (χ1) is 17.5. The number of ether oxygens (including phenoxy) is 2. The lowest BCUT2D eigenvalue weighted by atomic mass is 10.1. The van der Waals surface area contributed by atoms with Crippen molar-refractivity contribution in [1.29, 1.82) is 0 Å². The average molecular weight is 566 g/mol. The van der Waals surface area contributed by atoms with Crippen LogP contribution in [0.2, 0.25) is 0 Å². The molecule has 4 rings (SSSR count). The summed E-state index contributed by atoms with van der Waals surface area (Å²) < 4.78 is 12.9. The van der Waals surface area contributed by atoms with Gasteiger partial charge in [0.15, 0.2) is 16.7 Å². The third-order valence-corrected chi connectivity index (χ3v) is 7.20. The molecule has 0 radical (unpaired) electrons. The van der Waals surface area contributed by atoms with Gasteiger partial charge in [0, 0.05) is 11.0 Å². The van der Waals surface area contributed by atoms with Crippen molar-refractivity contribution in [2.24, 2.45) is 4.99 Å². The fourth-order valence-corrected chi connectivity index (χ4v) is 5.11. The number of likely N-dealkylation sites (N-methyl/N-ethyl adjacent to an activating group) is 1. The number of benzene rings is 3. The molecule has 1 fully saturated rings. The van der Waals surface area contributed by atoms with E-state index in [1.165, 1.54) is 11.8 Å². The molecule has 1 aliphatic rings. The number of thioether (sulfide) groups is 1. The maximum atomic E-state index is 13.2. The Bertz CT molecular complexity index is 1290. The molecule has 186 valence electrons. The van der Waals surface area contributed by atoms with Crippen LogP contribution in [0.5, 0.6) is 11.5 Å². The highest BCUT2D eigenvalue weighted by Crippen LogP contribution is 2.36. The molecule has 1 amide bonds. The average Bonchev–Trinajstić information content (AvgIpc) is 3.18. The first-order valence-corrected chi connectivity index (χ1v) is 13.6. The van der Waals surface area contributed by atoms with Crippen LogP contribution < -0.4 is 9.47 Å². The maximum Gasteiger partial charge on any atom is 0.266 e. The molecule has 7 heteroatoms. The lowest BCUT2D eigenvalue weighted by Crippen LogP contribution is -2.28. The van der Waals surface area contributed by atoms with Crippen molar-refractivity contribution in [3.05, 3.63) is 92.8 Å². The monoisotopic (exact) mass is 564 g/mol. The molecule has 0 N–H and O–H groups in total. The third-order valence-electron chi connectivity index (χ3n) is 5.67. The molecule has 1 aliphatic heterocycles. The van der Waals surface area contributed by atoms with Crippen molar-refractivity contribution in [2.75, 3.05) is 13.2 Å². The highest BCUT2D eigenvalue weighted by Gasteiger charge is 2.32. The van der Waals surface area contributed by atoms with Crippen LogP contribution in [0.3, 0.4) is 0 Å². The number of nitrogens with zero attached hydrogens (tertiary/aromatic N) is 2. The fraction of sp³-hybridized carbons (Fsp3) is 0.241. The molecule has 0 unspecified atom stereocenters. The van der Waals surface area contributed by atoms with E-state index in [9.17, 15) is 4.79 Å². The summed E-state index contributed by atoms with van der Waals surface area (Å²) >= 11 is 4.86. The van der Waals surface area contributed by atoms with Gasteiger partial charge >= 0.3 is 0 Å². The molecule has 1 heterocycles. The number of halogens is 1. The minimum absolute atomic E-state index is 0.0382. The highest BCUT2D eigenvalue weighted by molar-refractivity contribution is 9.10. The Morgan fingerprint density at radius 1 is 0.972 bits per heavy atom. The van der Waals surface area contributed by atoms with Crippen LogP contribution in [0.4, 0.5) is 5.69 Å². The Hall–Kier alpha value is -3.03. The van der Waals surface area contributed by atoms with Gasteiger partial charge in [0.1, 0.15) is 6.61 Å². The van der Waals surface area contributed by atoms with E-state index < -0.39 is 0 Å². The Balaban J connectivity index is 1.57. The molecule has 3 aromatic carbocycles. The molecule has 3 aromatic rings. The van der Waals surface area contributed by atoms with Gasteiger partial charge in [0.25, 0.3) is 5.91 Å². The number of aliphatic imine (C=N–C) groups is 1. The van der Waals surface area contributed by atoms with Crippen LogP contribution >= 0.6 is 27.7 Å². The standard InChI is InChI=1S/C29H29BrN2O3S/c1-4-22-9-7-8-10-24(22)31-29-32(5-2)28(33)27(36-29)18-21-13-16-25(26(17-21)34-6-3)35-19-20-11-14-23(30)15-12-20/h7-18H,4-6,19H2,1-3H3/b27-18+,31-29?. The lowest BCUT2D eigenvalue weighted by molar-refractivity contribution is -0.122. The minimum Gasteiger partial charge on any atom is -0.490 e. The summed E-state index contributed by atoms with van der Waals surface area (Å²) in [5.74, 6) is 1.28. The Labute approximate surface area is 225 Å². The summed E-state index contributed by atoms with van der Waals surface area (Å²) in [6.45, 7) is 7.52. The summed E-state index contributed by atoms with van der Waals surface area (Å²) in [6.07, 6.45) is 2.78. The van der Waals surface area contributed by atoms with Crippen LogP contribution in [0.25, 0.3) is 6.08 Å². The van der Waals surface area contributed by atoms with Crippen LogP contribution in [-0.2, 0) is 17.8 Å². The maximum absolute atomic E-state index is 13.2. The van der Waals surface area contributed by atoms with E-state index in [4.69, 9.17) is 14.5 Å². The summed E-state index contributed by atoms with van der Waals surface area (Å²) in [5.41, 5.74) is 4.00. The Kier molecular flexibility index (Phi) is 8.88. The van der Waals surface area contributed by atoms with E-state index in [-0.39, 0.29) is 5.91 Å². The second-order valence-electron chi connectivity index (χ2n) is 8.09. The van der Waals surface area contributed by atoms with Gasteiger partial charge in [-0.15, -0.1) is 0 Å². The van der Waals surface area contributed by atoms with Crippen LogP contribution in [0.15, 0.2) is 81.1 Å². The van der Waals surface area contributed by atoms with Gasteiger partial charge in [0.2, 0.25) is 0 Å². The molecule has 36 heavy (non-hydrogen) atoms. The molecule has 0 spiro atoms. The smallest absolute Gasteiger partial charge is 0.266 e. The van der Waals surface area contributed by atoms with Crippen molar-refractivity contribution in [2.45, 2.75) is 33.8 Å². The second kappa shape index (κ2) is 12.3. The lowest BCUT2D eigenvalue weighted by Gasteiger charge is -2.13. The number of hydrogen-bond donors (Lipinski definition) is 0. The molecule has 0 aromatic heterocycles. The minimum atomic E-state index is -0.0382. The van der Waals surface area contributed by atoms with Gasteiger partial charge in [-0.2, -0.15) is 0 Å². The molecule has 0 bridgehead atoms. The van der Waals surface area contributed by atoms with Gasteiger partial charge in [-0.3, -0.25) is 9.69 Å². The van der Waals surface area contributed by atoms with Gasteiger partial charge in [0.05, 0.1) is 17.2 Å². The molecule has 0 atom stereocenters. The summed E-state index contributed by atoms with van der Waals surface area (Å²) in [5, 5.41) is 0.703. The van der Waals surface area contributed by atoms with E-state index in [1.54, 1.807) is 4.90 Å². The molecule has 1 saturated heterocycles. The number of carbonyl (C=O) groups excluding carboxylic acids is 1. The summed E-state index contributed by atoms with van der Waals surface area (Å²) in [7, 11) is 0. The zero-order chi connectivity index (χ0) is 25.5. The Morgan fingerprint density at radius 3 is 2.47 bits per heavy atom. The van der Waals surface area contributed by atoms with Crippen molar-refractivity contribution >= 4 is 50.5 Å². The van der Waals surface area contributed by atoms with E-state index in [0.717, 1.165) is 33.3 Å². The fourth-order valence-electron chi connectivity index (χ4n) is 3.79. The number of amides is 1. The SMILES string of the molecule is CCOc1cc(/C=C2/SC(=Nc3ccccc3CC)N(CC)C2=O)ccc1OCc1ccc(Br)cc1. The van der Waals surface area contributed by atoms with Gasteiger partial charge in [-0.05, 0) is 85.1 Å². The predicted molar refractivity (Wildman–Crippen MR) is 152 cm³/mol. The zero-order valence-electron chi connectivity index (χ0n) is 20.7. The predicted octanol–water partition coefficient (Wildman–Crippen LogP) is 7.61. The largest absolute Gasteiger partial charge is 0.490 e. The summed E-state index contributed by atoms with van der Waals surface area (Å²) in [4.78, 5) is 20.4. The molecule has 5 nitrogen and oxygen atoms in total. The Morgan fingerprint density at radius 2 is 1.75 bits per heavy atom. The number of amidine groups is 1. The van der Waals surface area contributed by atoms with Crippen molar-refractivity contribution in [3.8, 4) is 11.5 Å². The number of aryl methyl sites for hydroxylation is 1. The molecule has 0 saturated carbocycles. The van der Waals surface area contributed by atoms with Gasteiger partial charge in [-0.1, -0.05) is 59.3 Å². The highest BCUT2D eigenvalue weighted by atomic mass is 79.9. The topological polar surface area (TPSA) is 51.1 Å². The second-order valence-corrected chi connectivity index (χ2v) is 10.0. The molecular formula is C29H29BrN2O3S. The van der Waals surface area contributed by atoms with E-state index in [1.807, 2.05) is 80.6 Å². The number of carbonyl (C=O) groups is 1. The molecular weight excluding hydrogens is 536 g/mol. The quantitative estimate of drug-likeness (QED) is 0.251. The van der Waals surface area contributed by atoms with Crippen LogP contribution in [0.1, 0.15) is 37.5 Å². The summed E-state index contributed by atoms with van der Waals surface area (Å²) in [6, 6.07) is 21.8. The van der Waals surface area contributed by atoms with E-state index in [0.29, 0.717) is 41.3 Å². The van der Waals surface area contributed by atoms with Gasteiger partial charge in [-0.25, -0.2) is 4.99 Å². The number of hydrogen-bond acceptors (Lipinski definition) is 5. The van der Waals surface area contributed by atoms with Crippen LogP contribution in [0, 0.1) is 0 Å². The van der Waals surface area contributed by atoms with Crippen LogP contribution in [-0.4, -0.2) is 29.1 Å². The normalized spacial score (nSPS) is 15.7. The molecule has 0 aliphatic carbocycles. The number of para-hydroxylation sites is 1. The van der Waals surface area contributed by atoms with Crippen molar-refractivity contribution < 1.29 is 14.3 Å². The van der Waals surface area contributed by atoms with Crippen molar-refractivity contribution in [1.82, 2.24) is 4.90 Å². The number of rotatable bonds is 9. The zero-order valence-corrected chi connectivity index (χ0v) is 23.1. The first-order valence-electron chi connectivity index (χ1n) is 12.0. The van der Waals surface area contributed by atoms with E-state index in [2.05, 4.69) is 28.9 Å². The first kappa shape index (κ1) is 26.0. The van der Waals surface area contributed by atoms with Gasteiger partial charge < -0.3 is 9.47 Å². The van der Waals surface area contributed by atoms with E-state index >= 15 is 0 Å². The third kappa shape index (κ3) is 6.20. The van der Waals surface area contributed by atoms with Crippen molar-refractivity contribution in [3.63, 3.8) is 0 Å².